The quantitative estimate of drug-likeness (QED) is 0.315. The topological polar surface area (TPSA) is 215 Å². The van der Waals surface area contributed by atoms with Crippen LogP contribution in [0.5, 0.6) is 0 Å². The van der Waals surface area contributed by atoms with Gasteiger partial charge in [0, 0.05) is 0 Å². The average Bonchev–Trinajstić information content (AvgIpc) is 3.10. The molecule has 1 aliphatic rings. The summed E-state index contributed by atoms with van der Waals surface area (Å²) in [5, 5.41) is 29.6. The van der Waals surface area contributed by atoms with E-state index in [1.165, 1.54) is 10.9 Å². The minimum atomic E-state index is -1.91. The van der Waals surface area contributed by atoms with Gasteiger partial charge in [0.25, 0.3) is 5.09 Å². The first kappa shape index (κ1) is 16.7. The van der Waals surface area contributed by atoms with Crippen molar-refractivity contribution in [3.8, 4) is 0 Å². The predicted octanol–water partition coefficient (Wildman–Crippen LogP) is -2.91. The summed E-state index contributed by atoms with van der Waals surface area (Å²) in [6.07, 6.45) is -5.77. The molecule has 0 aliphatic carbocycles. The van der Waals surface area contributed by atoms with E-state index in [2.05, 4.69) is 19.8 Å². The number of amides is 1. The molecule has 0 aromatic carbocycles. The largest absolute Gasteiger partial charge is 0.388 e. The van der Waals surface area contributed by atoms with Gasteiger partial charge >= 0.3 is 0 Å². The van der Waals surface area contributed by atoms with E-state index in [9.17, 15) is 25.1 Å². The molecule has 5 atom stereocenters. The van der Waals surface area contributed by atoms with Crippen LogP contribution in [0.2, 0.25) is 0 Å². The Bertz CT molecular complexity index is 826. The third-order valence-corrected chi connectivity index (χ3v) is 3.72. The summed E-state index contributed by atoms with van der Waals surface area (Å²) in [6, 6.07) is 0. The van der Waals surface area contributed by atoms with Gasteiger partial charge in [0.15, 0.2) is 29.9 Å². The highest BCUT2D eigenvalue weighted by molar-refractivity contribution is 5.81. The molecule has 134 valence electrons. The highest BCUT2D eigenvalue weighted by Gasteiger charge is 2.51. The second-order valence-electron chi connectivity index (χ2n) is 5.21. The van der Waals surface area contributed by atoms with Crippen LogP contribution in [-0.2, 0) is 14.4 Å². The van der Waals surface area contributed by atoms with Gasteiger partial charge in [-0.05, 0) is 0 Å². The van der Waals surface area contributed by atoms with Gasteiger partial charge in [-0.1, -0.05) is 0 Å². The number of hydrogen-bond acceptors (Lipinski definition) is 11. The van der Waals surface area contributed by atoms with Crippen LogP contribution in [0, 0.1) is 10.1 Å². The molecule has 2 aromatic rings. The molecule has 1 saturated heterocycles. The maximum absolute atomic E-state index is 11.2. The van der Waals surface area contributed by atoms with Gasteiger partial charge in [-0.3, -0.25) is 9.36 Å². The average molecular weight is 355 g/mol. The second kappa shape index (κ2) is 6.08. The second-order valence-corrected chi connectivity index (χ2v) is 5.21. The Hall–Kier alpha value is -3.10. The summed E-state index contributed by atoms with van der Waals surface area (Å²) in [4.78, 5) is 38.0. The summed E-state index contributed by atoms with van der Waals surface area (Å²) in [6.45, 7) is 0. The van der Waals surface area contributed by atoms with E-state index < -0.39 is 41.6 Å². The number of carbonyl (C=O) groups is 1. The lowest BCUT2D eigenvalue weighted by atomic mass is 10.1. The van der Waals surface area contributed by atoms with Crippen LogP contribution >= 0.6 is 0 Å². The number of ether oxygens (including phenoxy) is 1. The van der Waals surface area contributed by atoms with Gasteiger partial charge in [-0.25, -0.2) is 15.0 Å². The lowest BCUT2D eigenvalue weighted by Crippen LogP contribution is -2.46. The van der Waals surface area contributed by atoms with E-state index in [1.807, 2.05) is 0 Å². The van der Waals surface area contributed by atoms with Crippen LogP contribution in [0.15, 0.2) is 12.7 Å². The van der Waals surface area contributed by atoms with Gasteiger partial charge in [0.05, 0.1) is 6.33 Å². The molecule has 0 bridgehead atoms. The maximum atomic E-state index is 11.2. The van der Waals surface area contributed by atoms with E-state index in [0.29, 0.717) is 0 Å². The Morgan fingerprint density at radius 2 is 2.20 bits per heavy atom. The van der Waals surface area contributed by atoms with Gasteiger partial charge in [0.2, 0.25) is 5.91 Å². The molecular formula is C11H13N7O7. The van der Waals surface area contributed by atoms with E-state index in [0.717, 1.165) is 6.33 Å². The monoisotopic (exact) mass is 355 g/mol. The summed E-state index contributed by atoms with van der Waals surface area (Å²) in [7, 11) is 0. The number of nitrogens with zero attached hydrogens (tertiary/aromatic N) is 5. The highest BCUT2D eigenvalue weighted by Crippen LogP contribution is 2.35. The first-order valence-corrected chi connectivity index (χ1v) is 6.86. The molecule has 0 radical (unpaired) electrons. The normalized spacial score (nSPS) is 27.3. The number of aromatic nitrogens is 4. The van der Waals surface area contributed by atoms with Crippen molar-refractivity contribution >= 4 is 22.9 Å². The molecule has 1 aliphatic heterocycles. The fourth-order valence-electron chi connectivity index (χ4n) is 2.59. The molecule has 14 nitrogen and oxygen atoms in total. The minimum Gasteiger partial charge on any atom is -0.388 e. The molecule has 2 aromatic heterocycles. The van der Waals surface area contributed by atoms with Gasteiger partial charge in [-0.2, -0.15) is 0 Å². The number of anilines is 1. The number of aliphatic hydroxyl groups excluding tert-OH is 2. The third-order valence-electron chi connectivity index (χ3n) is 3.72. The van der Waals surface area contributed by atoms with Gasteiger partial charge in [-0.15, -0.1) is 10.1 Å². The van der Waals surface area contributed by atoms with Crippen LogP contribution in [0.4, 0.5) is 5.82 Å². The van der Waals surface area contributed by atoms with E-state index in [1.54, 1.807) is 0 Å². The Morgan fingerprint density at radius 3 is 2.84 bits per heavy atom. The molecule has 3 heterocycles. The number of fused-ring (bicyclic) bond motifs is 1. The van der Waals surface area contributed by atoms with Gasteiger partial charge < -0.3 is 31.3 Å². The van der Waals surface area contributed by atoms with Crippen LogP contribution in [-0.4, -0.2) is 65.1 Å². The number of primary amides is 1. The number of carbonyl (C=O) groups excluding carboxylic acids is 1. The first-order valence-electron chi connectivity index (χ1n) is 6.86. The Labute approximate surface area is 138 Å². The number of aliphatic hydroxyl groups is 2. The molecule has 3 rings (SSSR count). The number of hydrogen-bond donors (Lipinski definition) is 4. The molecule has 6 N–H and O–H groups in total. The van der Waals surface area contributed by atoms with Crippen molar-refractivity contribution in [2.75, 3.05) is 5.73 Å². The molecule has 1 amide bonds. The Kier molecular flexibility index (Phi) is 4.07. The molecule has 0 spiro atoms. The number of imidazole rings is 1. The summed E-state index contributed by atoms with van der Waals surface area (Å²) in [5.74, 6) is -1.12. The van der Waals surface area contributed by atoms with Crippen LogP contribution in [0.1, 0.15) is 6.23 Å². The molecule has 1 unspecified atom stereocenters. The minimum absolute atomic E-state index is 0.0581. The first-order chi connectivity index (χ1) is 11.8. The molecular weight excluding hydrogens is 342 g/mol. The molecule has 14 heteroatoms. The zero-order chi connectivity index (χ0) is 18.3. The van der Waals surface area contributed by atoms with Crippen molar-refractivity contribution in [1.29, 1.82) is 0 Å². The Morgan fingerprint density at radius 1 is 1.48 bits per heavy atom. The standard InChI is InChI=1S/C11H13N7O7/c12-8-3-10(15-1-14-8)17(2-16-3)11-7(25-18(22)23)4(19)6(24-11)5(20)9(13)21/h1-2,4-7,11,19-20H,(H2,13,21)(H2,12,14,15)/t4-,5?,6+,7-,11-/m1/s1. The maximum Gasteiger partial charge on any atom is 0.295 e. The molecule has 1 fully saturated rings. The fourth-order valence-corrected chi connectivity index (χ4v) is 2.59. The van der Waals surface area contributed by atoms with Crippen molar-refractivity contribution in [1.82, 2.24) is 19.5 Å². The van der Waals surface area contributed by atoms with Crippen molar-refractivity contribution in [3.63, 3.8) is 0 Å². The molecule has 0 saturated carbocycles. The number of rotatable bonds is 5. The number of nitrogens with two attached hydrogens (primary N) is 2. The summed E-state index contributed by atoms with van der Waals surface area (Å²) >= 11 is 0. The highest BCUT2D eigenvalue weighted by atomic mass is 17.0. The van der Waals surface area contributed by atoms with E-state index in [-0.39, 0.29) is 17.0 Å². The van der Waals surface area contributed by atoms with Crippen molar-refractivity contribution in [3.05, 3.63) is 22.8 Å². The van der Waals surface area contributed by atoms with E-state index >= 15 is 0 Å². The third kappa shape index (κ3) is 2.77. The zero-order valence-corrected chi connectivity index (χ0v) is 12.4. The lowest BCUT2D eigenvalue weighted by molar-refractivity contribution is -0.772. The molecule has 25 heavy (non-hydrogen) atoms. The summed E-state index contributed by atoms with van der Waals surface area (Å²) < 4.78 is 6.60. The van der Waals surface area contributed by atoms with E-state index in [4.69, 9.17) is 16.2 Å². The van der Waals surface area contributed by atoms with Crippen molar-refractivity contribution in [2.45, 2.75) is 30.6 Å². The number of nitrogen functional groups attached to an aromatic ring is 1. The Balaban J connectivity index is 2.03. The van der Waals surface area contributed by atoms with Crippen LogP contribution < -0.4 is 11.5 Å². The lowest BCUT2D eigenvalue weighted by Gasteiger charge is -2.19. The van der Waals surface area contributed by atoms with Crippen molar-refractivity contribution < 1.29 is 29.7 Å². The summed E-state index contributed by atoms with van der Waals surface area (Å²) in [5.41, 5.74) is 11.0. The van der Waals surface area contributed by atoms with Crippen LogP contribution in [0.25, 0.3) is 11.2 Å². The van der Waals surface area contributed by atoms with Gasteiger partial charge in [0.1, 0.15) is 24.1 Å². The fraction of sp³-hybridized carbons (Fsp3) is 0.455. The predicted molar refractivity (Wildman–Crippen MR) is 76.7 cm³/mol. The smallest absolute Gasteiger partial charge is 0.295 e. The SMILES string of the molecule is NC(=O)C(O)[C@H]1O[C@@H](n2cnc3c(N)ncnc32)[C@H](O[N+](=O)[O-])[C@@H]1O. The zero-order valence-electron chi connectivity index (χ0n) is 12.4. The van der Waals surface area contributed by atoms with Crippen LogP contribution in [0.3, 0.4) is 0 Å². The van der Waals surface area contributed by atoms with Crippen molar-refractivity contribution in [2.24, 2.45) is 5.73 Å².